The molecule has 1 fully saturated rings. The summed E-state index contributed by atoms with van der Waals surface area (Å²) >= 11 is 0. The molecule has 1 aliphatic heterocycles. The number of carbonyl (C=O) groups is 1. The van der Waals surface area contributed by atoms with E-state index in [1.807, 2.05) is 6.92 Å². The Hall–Kier alpha value is -0.860. The topological polar surface area (TPSA) is 41.5 Å². The summed E-state index contributed by atoms with van der Waals surface area (Å²) in [5.41, 5.74) is 0. The van der Waals surface area contributed by atoms with Crippen molar-refractivity contribution in [1.82, 2.24) is 5.32 Å². The fourth-order valence-electron chi connectivity index (χ4n) is 2.63. The van der Waals surface area contributed by atoms with E-state index in [9.17, 15) is 4.79 Å². The summed E-state index contributed by atoms with van der Waals surface area (Å²) in [6, 6.07) is -0.114. The van der Waals surface area contributed by atoms with Gasteiger partial charge in [-0.25, -0.2) is 0 Å². The lowest BCUT2D eigenvalue weighted by atomic mass is 9.82. The number of hydrogen-bond acceptors (Lipinski definition) is 2. The normalized spacial score (nSPS) is 36.3. The van der Waals surface area contributed by atoms with Gasteiger partial charge in [0.2, 0.25) is 5.91 Å². The van der Waals surface area contributed by atoms with Crippen LogP contribution in [-0.2, 0) is 4.79 Å². The maximum atomic E-state index is 11.5. The van der Waals surface area contributed by atoms with Crippen molar-refractivity contribution in [2.45, 2.75) is 52.0 Å². The van der Waals surface area contributed by atoms with Crippen molar-refractivity contribution >= 4 is 11.7 Å². The summed E-state index contributed by atoms with van der Waals surface area (Å²) in [5, 5.41) is 2.96. The molecule has 0 aromatic heterocycles. The van der Waals surface area contributed by atoms with Crippen LogP contribution in [0.25, 0.3) is 0 Å². The van der Waals surface area contributed by atoms with Gasteiger partial charge in [0, 0.05) is 5.92 Å². The second-order valence-corrected chi connectivity index (χ2v) is 4.90. The Morgan fingerprint density at radius 2 is 2.27 bits per heavy atom. The van der Waals surface area contributed by atoms with E-state index in [4.69, 9.17) is 0 Å². The van der Waals surface area contributed by atoms with E-state index in [2.05, 4.69) is 17.2 Å². The molecule has 84 valence electrons. The smallest absolute Gasteiger partial charge is 0.250 e. The standard InChI is InChI=1S/C12H20N2O/c1-3-10-12(15)14-11(13-10)9-6-4-5-8(2)7-9/h8-10H,3-7H2,1-2H3,(H,13,14,15). The Kier molecular flexibility index (Phi) is 3.08. The molecule has 3 heteroatoms. The summed E-state index contributed by atoms with van der Waals surface area (Å²) in [6.45, 7) is 4.31. The fraction of sp³-hybridized carbons (Fsp3) is 0.833. The average Bonchev–Trinajstić information content (AvgIpc) is 2.60. The van der Waals surface area contributed by atoms with Gasteiger partial charge in [0.15, 0.2) is 0 Å². The first-order valence-corrected chi connectivity index (χ1v) is 6.09. The number of aliphatic imine (C=N–C) groups is 1. The first-order valence-electron chi connectivity index (χ1n) is 6.09. The van der Waals surface area contributed by atoms with Gasteiger partial charge in [0.1, 0.15) is 11.9 Å². The summed E-state index contributed by atoms with van der Waals surface area (Å²) in [7, 11) is 0. The number of nitrogens with one attached hydrogen (secondary N) is 1. The maximum absolute atomic E-state index is 11.5. The molecule has 1 amide bonds. The zero-order valence-corrected chi connectivity index (χ0v) is 9.62. The molecule has 3 unspecified atom stereocenters. The molecule has 2 aliphatic rings. The number of amides is 1. The second kappa shape index (κ2) is 4.33. The summed E-state index contributed by atoms with van der Waals surface area (Å²) in [4.78, 5) is 16.0. The van der Waals surface area contributed by atoms with E-state index >= 15 is 0 Å². The van der Waals surface area contributed by atoms with Crippen molar-refractivity contribution < 1.29 is 4.79 Å². The second-order valence-electron chi connectivity index (χ2n) is 4.90. The van der Waals surface area contributed by atoms with Gasteiger partial charge in [0.25, 0.3) is 0 Å². The zero-order valence-electron chi connectivity index (χ0n) is 9.62. The van der Waals surface area contributed by atoms with Crippen LogP contribution < -0.4 is 5.32 Å². The molecule has 2 rings (SSSR count). The highest BCUT2D eigenvalue weighted by atomic mass is 16.2. The zero-order chi connectivity index (χ0) is 10.8. The Labute approximate surface area is 91.3 Å². The van der Waals surface area contributed by atoms with Crippen molar-refractivity contribution in [3.8, 4) is 0 Å². The van der Waals surface area contributed by atoms with Gasteiger partial charge in [-0.05, 0) is 25.2 Å². The first kappa shape index (κ1) is 10.7. The molecule has 1 heterocycles. The lowest BCUT2D eigenvalue weighted by molar-refractivity contribution is -0.120. The number of amidine groups is 1. The van der Waals surface area contributed by atoms with Crippen molar-refractivity contribution in [2.75, 3.05) is 0 Å². The molecule has 0 saturated heterocycles. The van der Waals surface area contributed by atoms with E-state index in [1.54, 1.807) is 0 Å². The van der Waals surface area contributed by atoms with E-state index in [0.717, 1.165) is 18.2 Å². The van der Waals surface area contributed by atoms with Crippen molar-refractivity contribution in [2.24, 2.45) is 16.8 Å². The molecule has 3 nitrogen and oxygen atoms in total. The van der Waals surface area contributed by atoms with E-state index in [-0.39, 0.29) is 11.9 Å². The number of carbonyl (C=O) groups excluding carboxylic acids is 1. The number of hydrogen-bond donors (Lipinski definition) is 1. The van der Waals surface area contributed by atoms with Crippen molar-refractivity contribution in [3.05, 3.63) is 0 Å². The maximum Gasteiger partial charge on any atom is 0.250 e. The van der Waals surface area contributed by atoms with Crippen LogP contribution in [0.15, 0.2) is 4.99 Å². The van der Waals surface area contributed by atoms with Crippen LogP contribution in [0, 0.1) is 11.8 Å². The minimum absolute atomic E-state index is 0.103. The predicted octanol–water partition coefficient (Wildman–Crippen LogP) is 2.12. The largest absolute Gasteiger partial charge is 0.312 e. The van der Waals surface area contributed by atoms with Crippen LogP contribution in [0.1, 0.15) is 46.0 Å². The van der Waals surface area contributed by atoms with Crippen LogP contribution in [0.3, 0.4) is 0 Å². The van der Waals surface area contributed by atoms with E-state index in [0.29, 0.717) is 5.92 Å². The molecule has 0 bridgehead atoms. The molecule has 0 spiro atoms. The molecular formula is C12H20N2O. The van der Waals surface area contributed by atoms with Crippen LogP contribution in [0.4, 0.5) is 0 Å². The molecule has 0 aromatic rings. The SMILES string of the molecule is CCC1N=C(C2CCCC(C)C2)NC1=O. The van der Waals surface area contributed by atoms with Crippen molar-refractivity contribution in [3.63, 3.8) is 0 Å². The van der Waals surface area contributed by atoms with Crippen LogP contribution in [-0.4, -0.2) is 17.8 Å². The Morgan fingerprint density at radius 1 is 1.47 bits per heavy atom. The van der Waals surface area contributed by atoms with Crippen LogP contribution >= 0.6 is 0 Å². The summed E-state index contributed by atoms with van der Waals surface area (Å²) in [6.07, 6.45) is 5.81. The highest BCUT2D eigenvalue weighted by molar-refractivity contribution is 6.06. The lowest BCUT2D eigenvalue weighted by Gasteiger charge is -2.26. The van der Waals surface area contributed by atoms with Crippen LogP contribution in [0.5, 0.6) is 0 Å². The fourth-order valence-corrected chi connectivity index (χ4v) is 2.63. The number of rotatable bonds is 2. The minimum Gasteiger partial charge on any atom is -0.312 e. The molecule has 0 radical (unpaired) electrons. The third-order valence-corrected chi connectivity index (χ3v) is 3.56. The third kappa shape index (κ3) is 2.21. The number of nitrogens with zero attached hydrogens (tertiary/aromatic N) is 1. The van der Waals surface area contributed by atoms with Gasteiger partial charge in [0.05, 0.1) is 0 Å². The van der Waals surface area contributed by atoms with Gasteiger partial charge in [-0.2, -0.15) is 0 Å². The van der Waals surface area contributed by atoms with E-state index < -0.39 is 0 Å². The molecule has 15 heavy (non-hydrogen) atoms. The molecule has 3 atom stereocenters. The molecule has 1 saturated carbocycles. The Balaban J connectivity index is 2.02. The molecular weight excluding hydrogens is 188 g/mol. The third-order valence-electron chi connectivity index (χ3n) is 3.56. The average molecular weight is 208 g/mol. The van der Waals surface area contributed by atoms with Gasteiger partial charge in [-0.1, -0.05) is 26.7 Å². The minimum atomic E-state index is -0.114. The van der Waals surface area contributed by atoms with Gasteiger partial charge >= 0.3 is 0 Å². The highest BCUT2D eigenvalue weighted by Crippen LogP contribution is 2.30. The quantitative estimate of drug-likeness (QED) is 0.742. The van der Waals surface area contributed by atoms with Gasteiger partial charge < -0.3 is 5.32 Å². The summed E-state index contributed by atoms with van der Waals surface area (Å²) < 4.78 is 0. The van der Waals surface area contributed by atoms with Gasteiger partial charge in [-0.15, -0.1) is 0 Å². The Morgan fingerprint density at radius 3 is 2.87 bits per heavy atom. The molecule has 1 aliphatic carbocycles. The first-order chi connectivity index (χ1) is 7.20. The predicted molar refractivity (Wildman–Crippen MR) is 60.8 cm³/mol. The van der Waals surface area contributed by atoms with E-state index in [1.165, 1.54) is 25.7 Å². The van der Waals surface area contributed by atoms with Gasteiger partial charge in [-0.3, -0.25) is 9.79 Å². The molecule has 0 aromatic carbocycles. The highest BCUT2D eigenvalue weighted by Gasteiger charge is 2.31. The Bertz CT molecular complexity index is 285. The molecule has 1 N–H and O–H groups in total. The van der Waals surface area contributed by atoms with Crippen LogP contribution in [0.2, 0.25) is 0 Å². The summed E-state index contributed by atoms with van der Waals surface area (Å²) in [5.74, 6) is 2.36. The van der Waals surface area contributed by atoms with Crippen molar-refractivity contribution in [1.29, 1.82) is 0 Å². The lowest BCUT2D eigenvalue weighted by Crippen LogP contribution is -2.34. The monoisotopic (exact) mass is 208 g/mol.